The fourth-order valence-electron chi connectivity index (χ4n) is 4.56. The number of nitrogens with one attached hydrogen (secondary N) is 2. The van der Waals surface area contributed by atoms with Gasteiger partial charge in [0.25, 0.3) is 5.91 Å². The van der Waals surface area contributed by atoms with Gasteiger partial charge in [-0.05, 0) is 68.0 Å². The number of rotatable bonds is 4. The minimum atomic E-state index is -3.82. The van der Waals surface area contributed by atoms with Crippen LogP contribution in [0.3, 0.4) is 0 Å². The van der Waals surface area contributed by atoms with Crippen molar-refractivity contribution in [1.82, 2.24) is 14.6 Å². The van der Waals surface area contributed by atoms with Crippen molar-refractivity contribution >= 4 is 38.4 Å². The maximum absolute atomic E-state index is 15.5. The Labute approximate surface area is 196 Å². The first-order valence-corrected chi connectivity index (χ1v) is 12.5. The van der Waals surface area contributed by atoms with Crippen molar-refractivity contribution in [1.29, 1.82) is 0 Å². The first-order valence-electron chi connectivity index (χ1n) is 10.6. The van der Waals surface area contributed by atoms with Crippen molar-refractivity contribution in [2.45, 2.75) is 49.2 Å². The van der Waals surface area contributed by atoms with E-state index in [1.165, 1.54) is 17.0 Å². The van der Waals surface area contributed by atoms with E-state index in [0.29, 0.717) is 17.1 Å². The molecule has 1 aliphatic heterocycles. The summed E-state index contributed by atoms with van der Waals surface area (Å²) in [5.41, 5.74) is 2.54. The molecule has 5 rings (SSSR count). The Morgan fingerprint density at radius 3 is 2.70 bits per heavy atom. The molecule has 1 aliphatic carbocycles. The highest BCUT2D eigenvalue weighted by Gasteiger charge is 2.39. The van der Waals surface area contributed by atoms with Crippen molar-refractivity contribution in [3.05, 3.63) is 64.1 Å². The summed E-state index contributed by atoms with van der Waals surface area (Å²) in [6, 6.07) is 7.94. The van der Waals surface area contributed by atoms with Crippen molar-refractivity contribution in [3.63, 3.8) is 0 Å². The van der Waals surface area contributed by atoms with E-state index in [2.05, 4.69) is 15.6 Å². The normalized spacial score (nSPS) is 20.5. The molecule has 2 atom stereocenters. The highest BCUT2D eigenvalue weighted by Crippen LogP contribution is 2.42. The lowest BCUT2D eigenvalue weighted by molar-refractivity contribution is -0.129. The van der Waals surface area contributed by atoms with Crippen LogP contribution in [0.4, 0.5) is 4.39 Å². The molecule has 2 aliphatic rings. The second-order valence-electron chi connectivity index (χ2n) is 8.60. The lowest BCUT2D eigenvalue weighted by Crippen LogP contribution is -2.46. The van der Waals surface area contributed by atoms with Gasteiger partial charge in [0.15, 0.2) is 0 Å². The van der Waals surface area contributed by atoms with Gasteiger partial charge in [-0.1, -0.05) is 17.7 Å². The minimum Gasteiger partial charge on any atom is -0.356 e. The standard InChI is InChI=1S/C24H21ClFN3O3S/c1-3-22(30)29-13(2)10-19-18-11-14(25)4-9-21(18)27-23(19)24(29)17-8-7-16(12-20(17)26)33(31,32)28-15-5-6-15/h1,4,7-9,11-13,15,24,27-28H,5-6,10H2,2H3/t13-,24-/m0/s1. The first kappa shape index (κ1) is 22.0. The highest BCUT2D eigenvalue weighted by atomic mass is 35.5. The number of sulfonamides is 1. The third-order valence-corrected chi connectivity index (χ3v) is 8.01. The molecule has 9 heteroatoms. The number of nitrogens with zero attached hydrogens (tertiary/aromatic N) is 1. The molecule has 2 heterocycles. The number of carbonyl (C=O) groups is 1. The summed E-state index contributed by atoms with van der Waals surface area (Å²) < 4.78 is 43.1. The molecule has 6 nitrogen and oxygen atoms in total. The number of halogens is 2. The third-order valence-electron chi connectivity index (χ3n) is 6.26. The molecule has 1 saturated carbocycles. The van der Waals surface area contributed by atoms with Crippen LogP contribution in [0.1, 0.15) is 42.6 Å². The fourth-order valence-corrected chi connectivity index (χ4v) is 6.05. The Bertz CT molecular complexity index is 1440. The van der Waals surface area contributed by atoms with E-state index in [-0.39, 0.29) is 22.5 Å². The summed E-state index contributed by atoms with van der Waals surface area (Å²) in [4.78, 5) is 17.4. The summed E-state index contributed by atoms with van der Waals surface area (Å²) in [7, 11) is -3.82. The number of terminal acetylenes is 1. The molecule has 3 aromatic rings. The molecule has 2 N–H and O–H groups in total. The monoisotopic (exact) mass is 485 g/mol. The van der Waals surface area contributed by atoms with Crippen molar-refractivity contribution in [3.8, 4) is 12.3 Å². The summed E-state index contributed by atoms with van der Waals surface area (Å²) in [5, 5.41) is 1.47. The average Bonchev–Trinajstić information content (AvgIpc) is 3.51. The third kappa shape index (κ3) is 3.80. The number of aromatic amines is 1. The molecular weight excluding hydrogens is 465 g/mol. The molecule has 0 saturated heterocycles. The summed E-state index contributed by atoms with van der Waals surface area (Å²) in [6.45, 7) is 1.85. The highest BCUT2D eigenvalue weighted by molar-refractivity contribution is 7.89. The zero-order chi connectivity index (χ0) is 23.5. The van der Waals surface area contributed by atoms with Gasteiger partial charge in [0.05, 0.1) is 4.90 Å². The van der Waals surface area contributed by atoms with Gasteiger partial charge in [-0.25, -0.2) is 17.5 Å². The number of hydrogen-bond acceptors (Lipinski definition) is 3. The molecular formula is C24H21ClFN3O3S. The number of amides is 1. The van der Waals surface area contributed by atoms with Crippen LogP contribution >= 0.6 is 11.6 Å². The SMILES string of the molecule is C#CC(=O)N1[C@@H](c2ccc(S(=O)(=O)NC3CC3)cc2F)c2[nH]c3ccc(Cl)cc3c2C[C@@H]1C. The minimum absolute atomic E-state index is 0.0959. The van der Waals surface area contributed by atoms with Crippen molar-refractivity contribution in [2.75, 3.05) is 0 Å². The predicted molar refractivity (Wildman–Crippen MR) is 124 cm³/mol. The van der Waals surface area contributed by atoms with Gasteiger partial charge in [0.2, 0.25) is 10.0 Å². The van der Waals surface area contributed by atoms with Crippen LogP contribution in [0.15, 0.2) is 41.3 Å². The van der Waals surface area contributed by atoms with Crippen LogP contribution in [0.25, 0.3) is 10.9 Å². The Hall–Kier alpha value is -2.86. The molecule has 0 radical (unpaired) electrons. The molecule has 0 bridgehead atoms. The largest absolute Gasteiger partial charge is 0.356 e. The number of hydrogen-bond donors (Lipinski definition) is 2. The molecule has 33 heavy (non-hydrogen) atoms. The van der Waals surface area contributed by atoms with Crippen LogP contribution in [-0.4, -0.2) is 36.3 Å². The topological polar surface area (TPSA) is 82.3 Å². The summed E-state index contributed by atoms with van der Waals surface area (Å²) in [5.74, 6) is 0.846. The number of benzene rings is 2. The van der Waals surface area contributed by atoms with E-state index in [0.717, 1.165) is 35.4 Å². The van der Waals surface area contributed by atoms with E-state index >= 15 is 4.39 Å². The molecule has 1 aromatic heterocycles. The zero-order valence-corrected chi connectivity index (χ0v) is 19.3. The number of fused-ring (bicyclic) bond motifs is 3. The lowest BCUT2D eigenvalue weighted by Gasteiger charge is -2.40. The van der Waals surface area contributed by atoms with E-state index in [1.54, 1.807) is 6.07 Å². The van der Waals surface area contributed by atoms with Crippen molar-refractivity contribution in [2.24, 2.45) is 0 Å². The second kappa shape index (κ2) is 7.87. The molecule has 170 valence electrons. The smallest absolute Gasteiger partial charge is 0.299 e. The van der Waals surface area contributed by atoms with E-state index < -0.39 is 27.8 Å². The molecule has 0 unspecified atom stereocenters. The van der Waals surface area contributed by atoms with Crippen molar-refractivity contribution < 1.29 is 17.6 Å². The Morgan fingerprint density at radius 2 is 2.03 bits per heavy atom. The van der Waals surface area contributed by atoms with Crippen LogP contribution < -0.4 is 4.72 Å². The zero-order valence-electron chi connectivity index (χ0n) is 17.7. The number of H-pyrrole nitrogens is 1. The maximum atomic E-state index is 15.5. The molecule has 2 aromatic carbocycles. The van der Waals surface area contributed by atoms with E-state index in [1.807, 2.05) is 19.1 Å². The van der Waals surface area contributed by atoms with Gasteiger partial charge >= 0.3 is 0 Å². The second-order valence-corrected chi connectivity index (χ2v) is 10.7. The number of aromatic nitrogens is 1. The average molecular weight is 486 g/mol. The quantitative estimate of drug-likeness (QED) is 0.550. The van der Waals surface area contributed by atoms with Gasteiger partial charge < -0.3 is 9.88 Å². The van der Waals surface area contributed by atoms with Crippen LogP contribution in [-0.2, 0) is 21.2 Å². The Kier molecular flexibility index (Phi) is 5.24. The van der Waals surface area contributed by atoms with Gasteiger partial charge in [0.1, 0.15) is 11.9 Å². The van der Waals surface area contributed by atoms with E-state index in [9.17, 15) is 13.2 Å². The Morgan fingerprint density at radius 1 is 1.27 bits per heavy atom. The van der Waals surface area contributed by atoms with Crippen LogP contribution in [0.2, 0.25) is 5.02 Å². The fraction of sp³-hybridized carbons (Fsp3) is 0.292. The lowest BCUT2D eigenvalue weighted by atomic mass is 9.88. The maximum Gasteiger partial charge on any atom is 0.299 e. The molecule has 1 fully saturated rings. The van der Waals surface area contributed by atoms with Gasteiger partial charge in [-0.15, -0.1) is 6.42 Å². The summed E-state index contributed by atoms with van der Waals surface area (Å²) in [6.07, 6.45) is 7.50. The van der Waals surface area contributed by atoms with Crippen LogP contribution in [0.5, 0.6) is 0 Å². The molecule has 0 spiro atoms. The van der Waals surface area contributed by atoms with Gasteiger partial charge in [-0.3, -0.25) is 4.79 Å². The van der Waals surface area contributed by atoms with Gasteiger partial charge in [-0.2, -0.15) is 0 Å². The molecule has 1 amide bonds. The predicted octanol–water partition coefficient (Wildman–Crippen LogP) is 3.90. The first-order chi connectivity index (χ1) is 15.7. The summed E-state index contributed by atoms with van der Waals surface area (Å²) >= 11 is 6.21. The van der Waals surface area contributed by atoms with Gasteiger partial charge in [0, 0.05) is 39.3 Å². The Balaban J connectivity index is 1.67. The number of carbonyl (C=O) groups excluding carboxylic acids is 1. The van der Waals surface area contributed by atoms with Crippen LogP contribution in [0, 0.1) is 18.2 Å². The van der Waals surface area contributed by atoms with E-state index in [4.69, 9.17) is 18.0 Å².